The third-order valence-electron chi connectivity index (χ3n) is 5.57. The topological polar surface area (TPSA) is 72.9 Å². The molecular formula is C20H28ClN3O3. The average molecular weight is 394 g/mol. The summed E-state index contributed by atoms with van der Waals surface area (Å²) in [6.07, 6.45) is 4.78. The number of likely N-dealkylation sites (tertiary alicyclic amines) is 2. The number of piperidine rings is 2. The normalized spacial score (nSPS) is 23.8. The Hall–Kier alpha value is -1.79. The number of aliphatic carboxylic acids is 1. The van der Waals surface area contributed by atoms with Gasteiger partial charge in [-0.25, -0.2) is 4.79 Å². The molecule has 148 valence electrons. The molecule has 0 saturated carbocycles. The van der Waals surface area contributed by atoms with Crippen molar-refractivity contribution in [1.82, 2.24) is 15.1 Å². The number of rotatable bonds is 5. The molecule has 2 heterocycles. The van der Waals surface area contributed by atoms with Crippen molar-refractivity contribution in [2.24, 2.45) is 5.92 Å². The number of amides is 2. The Morgan fingerprint density at radius 1 is 1.19 bits per heavy atom. The van der Waals surface area contributed by atoms with Crippen LogP contribution in [0.3, 0.4) is 0 Å². The predicted octanol–water partition coefficient (Wildman–Crippen LogP) is 3.20. The van der Waals surface area contributed by atoms with Crippen LogP contribution in [-0.2, 0) is 11.3 Å². The summed E-state index contributed by atoms with van der Waals surface area (Å²) in [7, 11) is 0. The largest absolute Gasteiger partial charge is 0.481 e. The smallest absolute Gasteiger partial charge is 0.317 e. The molecule has 2 saturated heterocycles. The van der Waals surface area contributed by atoms with Gasteiger partial charge < -0.3 is 15.3 Å². The molecule has 3 rings (SSSR count). The van der Waals surface area contributed by atoms with Crippen molar-refractivity contribution in [1.29, 1.82) is 0 Å². The maximum Gasteiger partial charge on any atom is 0.317 e. The molecule has 0 spiro atoms. The van der Waals surface area contributed by atoms with Crippen LogP contribution in [0.15, 0.2) is 24.3 Å². The van der Waals surface area contributed by atoms with Crippen molar-refractivity contribution in [3.63, 3.8) is 0 Å². The molecule has 1 aromatic rings. The van der Waals surface area contributed by atoms with Gasteiger partial charge in [0.05, 0.1) is 5.92 Å². The van der Waals surface area contributed by atoms with Crippen molar-refractivity contribution in [2.75, 3.05) is 26.2 Å². The second-order valence-corrected chi connectivity index (χ2v) is 8.00. The van der Waals surface area contributed by atoms with Gasteiger partial charge in [0.15, 0.2) is 0 Å². The molecule has 0 aromatic heterocycles. The molecule has 0 aliphatic carbocycles. The lowest BCUT2D eigenvalue weighted by molar-refractivity contribution is -0.143. The molecule has 2 unspecified atom stereocenters. The minimum absolute atomic E-state index is 0.144. The first-order valence-electron chi connectivity index (χ1n) is 9.77. The molecule has 2 atom stereocenters. The fourth-order valence-corrected chi connectivity index (χ4v) is 4.26. The van der Waals surface area contributed by atoms with Gasteiger partial charge in [0.2, 0.25) is 0 Å². The minimum Gasteiger partial charge on any atom is -0.481 e. The third kappa shape index (κ3) is 5.59. The second kappa shape index (κ2) is 9.42. The number of carboxylic acids is 1. The number of carbonyl (C=O) groups is 2. The lowest BCUT2D eigenvalue weighted by Gasteiger charge is -2.37. The number of nitrogens with zero attached hydrogens (tertiary/aromatic N) is 2. The zero-order valence-electron chi connectivity index (χ0n) is 15.6. The van der Waals surface area contributed by atoms with E-state index >= 15 is 0 Å². The number of hydrogen-bond donors (Lipinski definition) is 2. The van der Waals surface area contributed by atoms with Gasteiger partial charge in [0.25, 0.3) is 0 Å². The summed E-state index contributed by atoms with van der Waals surface area (Å²) in [5.41, 5.74) is 1.18. The van der Waals surface area contributed by atoms with E-state index in [1.807, 2.05) is 18.2 Å². The Morgan fingerprint density at radius 2 is 2.04 bits per heavy atom. The molecule has 2 N–H and O–H groups in total. The van der Waals surface area contributed by atoms with Crippen molar-refractivity contribution in [3.8, 4) is 0 Å². The first-order valence-corrected chi connectivity index (χ1v) is 10.1. The fraction of sp³-hybridized carbons (Fsp3) is 0.600. The van der Waals surface area contributed by atoms with Gasteiger partial charge in [-0.1, -0.05) is 30.2 Å². The van der Waals surface area contributed by atoms with Crippen LogP contribution in [0.1, 0.15) is 37.7 Å². The second-order valence-electron chi connectivity index (χ2n) is 7.56. The van der Waals surface area contributed by atoms with E-state index in [0.717, 1.165) is 43.8 Å². The van der Waals surface area contributed by atoms with Gasteiger partial charge in [0.1, 0.15) is 0 Å². The Balaban J connectivity index is 1.53. The van der Waals surface area contributed by atoms with E-state index in [1.54, 1.807) is 4.90 Å². The van der Waals surface area contributed by atoms with Gasteiger partial charge in [-0.15, -0.1) is 0 Å². The van der Waals surface area contributed by atoms with Gasteiger partial charge in [0, 0.05) is 37.2 Å². The molecule has 2 aliphatic rings. The van der Waals surface area contributed by atoms with Crippen molar-refractivity contribution >= 4 is 23.6 Å². The predicted molar refractivity (Wildman–Crippen MR) is 105 cm³/mol. The summed E-state index contributed by atoms with van der Waals surface area (Å²) in [5.74, 6) is -1.26. The lowest BCUT2D eigenvalue weighted by Crippen LogP contribution is -2.51. The van der Waals surface area contributed by atoms with Gasteiger partial charge in [-0.2, -0.15) is 0 Å². The number of benzene rings is 1. The summed E-state index contributed by atoms with van der Waals surface area (Å²) < 4.78 is 0. The van der Waals surface area contributed by atoms with E-state index in [0.29, 0.717) is 32.1 Å². The minimum atomic E-state index is -0.813. The molecule has 2 fully saturated rings. The van der Waals surface area contributed by atoms with E-state index in [9.17, 15) is 14.7 Å². The Labute approximate surface area is 165 Å². The highest BCUT2D eigenvalue weighted by molar-refractivity contribution is 6.30. The first kappa shape index (κ1) is 20.0. The quantitative estimate of drug-likeness (QED) is 0.805. The van der Waals surface area contributed by atoms with Crippen LogP contribution < -0.4 is 5.32 Å². The van der Waals surface area contributed by atoms with E-state index in [-0.39, 0.29) is 6.03 Å². The van der Waals surface area contributed by atoms with Gasteiger partial charge in [-0.3, -0.25) is 9.69 Å². The maximum atomic E-state index is 12.5. The van der Waals surface area contributed by atoms with Crippen LogP contribution in [0, 0.1) is 5.92 Å². The van der Waals surface area contributed by atoms with Crippen molar-refractivity contribution < 1.29 is 14.7 Å². The monoisotopic (exact) mass is 393 g/mol. The Kier molecular flexibility index (Phi) is 6.96. The number of urea groups is 1. The van der Waals surface area contributed by atoms with Crippen LogP contribution in [-0.4, -0.2) is 59.1 Å². The SMILES string of the molecule is O=C(O)C1CCCN(C(=O)NCC2CCCCN2Cc2cccc(Cl)c2)C1. The van der Waals surface area contributed by atoms with E-state index in [4.69, 9.17) is 11.6 Å². The zero-order valence-corrected chi connectivity index (χ0v) is 16.3. The molecule has 7 heteroatoms. The number of carboxylic acid groups (broad SMARTS) is 1. The summed E-state index contributed by atoms with van der Waals surface area (Å²) in [5, 5.41) is 13.0. The molecule has 2 amide bonds. The Bertz CT molecular complexity index is 670. The molecule has 6 nitrogen and oxygen atoms in total. The van der Waals surface area contributed by atoms with Crippen LogP contribution in [0.5, 0.6) is 0 Å². The Morgan fingerprint density at radius 3 is 2.81 bits per heavy atom. The fourth-order valence-electron chi connectivity index (χ4n) is 4.05. The summed E-state index contributed by atoms with van der Waals surface area (Å²) in [4.78, 5) is 27.8. The molecule has 1 aromatic carbocycles. The molecule has 0 radical (unpaired) electrons. The zero-order chi connectivity index (χ0) is 19.2. The third-order valence-corrected chi connectivity index (χ3v) is 5.81. The molecular weight excluding hydrogens is 366 g/mol. The van der Waals surface area contributed by atoms with Gasteiger partial charge in [-0.05, 0) is 49.9 Å². The van der Waals surface area contributed by atoms with Crippen LogP contribution in [0.4, 0.5) is 4.79 Å². The highest BCUT2D eigenvalue weighted by atomic mass is 35.5. The first-order chi connectivity index (χ1) is 13.0. The number of halogens is 1. The average Bonchev–Trinajstić information content (AvgIpc) is 2.67. The number of carbonyl (C=O) groups excluding carboxylic acids is 1. The van der Waals surface area contributed by atoms with Crippen LogP contribution in [0.2, 0.25) is 5.02 Å². The van der Waals surface area contributed by atoms with Crippen LogP contribution >= 0.6 is 11.6 Å². The van der Waals surface area contributed by atoms with Crippen molar-refractivity contribution in [2.45, 2.75) is 44.7 Å². The highest BCUT2D eigenvalue weighted by Crippen LogP contribution is 2.21. The molecule has 27 heavy (non-hydrogen) atoms. The van der Waals surface area contributed by atoms with E-state index < -0.39 is 11.9 Å². The summed E-state index contributed by atoms with van der Waals surface area (Å²) in [6, 6.07) is 8.06. The number of hydrogen-bond acceptors (Lipinski definition) is 3. The molecule has 0 bridgehead atoms. The van der Waals surface area contributed by atoms with Gasteiger partial charge >= 0.3 is 12.0 Å². The van der Waals surface area contributed by atoms with Crippen molar-refractivity contribution in [3.05, 3.63) is 34.9 Å². The van der Waals surface area contributed by atoms with Crippen LogP contribution in [0.25, 0.3) is 0 Å². The lowest BCUT2D eigenvalue weighted by atomic mass is 9.98. The summed E-state index contributed by atoms with van der Waals surface area (Å²) in [6.45, 7) is 3.36. The maximum absolute atomic E-state index is 12.5. The highest BCUT2D eigenvalue weighted by Gasteiger charge is 2.29. The number of nitrogens with one attached hydrogen (secondary N) is 1. The standard InChI is InChI=1S/C20H28ClN3O3/c21-17-7-3-5-15(11-17)13-23-9-2-1-8-18(23)12-22-20(27)24-10-4-6-16(14-24)19(25)26/h3,5,7,11,16,18H,1-2,4,6,8-10,12-14H2,(H,22,27)(H,25,26). The van der Waals surface area contributed by atoms with E-state index in [1.165, 1.54) is 5.56 Å². The summed E-state index contributed by atoms with van der Waals surface area (Å²) >= 11 is 6.10. The van der Waals surface area contributed by atoms with E-state index in [2.05, 4.69) is 16.3 Å². The molecule has 2 aliphatic heterocycles.